The van der Waals surface area contributed by atoms with Crippen molar-refractivity contribution in [3.05, 3.63) is 41.6 Å². The number of aromatic nitrogens is 1. The number of nitrogens with zero attached hydrogens (tertiary/aromatic N) is 2. The molecule has 0 fully saturated rings. The van der Waals surface area contributed by atoms with Crippen molar-refractivity contribution in [2.24, 2.45) is 0 Å². The summed E-state index contributed by atoms with van der Waals surface area (Å²) in [4.78, 5) is 6.45. The summed E-state index contributed by atoms with van der Waals surface area (Å²) >= 11 is 0. The second-order valence-electron chi connectivity index (χ2n) is 5.44. The minimum absolute atomic E-state index is 0.0224. The van der Waals surface area contributed by atoms with Gasteiger partial charge in [-0.15, -0.1) is 0 Å². The Balaban J connectivity index is 1.59. The Morgan fingerprint density at radius 1 is 1.24 bits per heavy atom. The standard InChI is InChI=1S/C16H20N2O3/c1-11-16(20-12(2)17-11)9-18(3)8-13-10-19-14-6-4-5-7-15(14)21-13/h4-7,13H,8-10H2,1-3H3/t13-/m0/s1. The molecule has 0 aliphatic carbocycles. The van der Waals surface area contributed by atoms with Crippen LogP contribution >= 0.6 is 0 Å². The average molecular weight is 288 g/mol. The zero-order valence-corrected chi connectivity index (χ0v) is 12.6. The molecular weight excluding hydrogens is 268 g/mol. The van der Waals surface area contributed by atoms with Crippen molar-refractivity contribution in [3.63, 3.8) is 0 Å². The van der Waals surface area contributed by atoms with Gasteiger partial charge in [0, 0.05) is 13.5 Å². The summed E-state index contributed by atoms with van der Waals surface area (Å²) < 4.78 is 17.3. The van der Waals surface area contributed by atoms with Gasteiger partial charge < -0.3 is 13.9 Å². The molecule has 0 amide bonds. The van der Waals surface area contributed by atoms with Crippen LogP contribution in [0.25, 0.3) is 0 Å². The molecule has 5 nitrogen and oxygen atoms in total. The molecule has 112 valence electrons. The van der Waals surface area contributed by atoms with Crippen molar-refractivity contribution < 1.29 is 13.9 Å². The topological polar surface area (TPSA) is 47.7 Å². The van der Waals surface area contributed by atoms with E-state index in [0.29, 0.717) is 19.0 Å². The van der Waals surface area contributed by atoms with Crippen LogP contribution in [0.4, 0.5) is 0 Å². The average Bonchev–Trinajstić information content (AvgIpc) is 2.76. The van der Waals surface area contributed by atoms with Gasteiger partial charge in [0.2, 0.25) is 0 Å². The Morgan fingerprint density at radius 3 is 2.71 bits per heavy atom. The molecule has 0 saturated carbocycles. The predicted octanol–water partition coefficient (Wildman–Crippen LogP) is 2.56. The Hall–Kier alpha value is -2.01. The molecule has 1 aliphatic rings. The Bertz CT molecular complexity index is 624. The van der Waals surface area contributed by atoms with Crippen molar-refractivity contribution in [1.82, 2.24) is 9.88 Å². The first-order valence-corrected chi connectivity index (χ1v) is 7.12. The van der Waals surface area contributed by atoms with E-state index in [1.54, 1.807) is 0 Å². The SMILES string of the molecule is Cc1nc(C)c(CN(C)C[C@H]2COc3ccccc3O2)o1. The molecule has 0 unspecified atom stereocenters. The Morgan fingerprint density at radius 2 is 2.00 bits per heavy atom. The number of benzene rings is 1. The van der Waals surface area contributed by atoms with Crippen molar-refractivity contribution in [1.29, 1.82) is 0 Å². The Labute approximate surface area is 124 Å². The molecule has 2 heterocycles. The number of fused-ring (bicyclic) bond motifs is 1. The van der Waals surface area contributed by atoms with Crippen LogP contribution < -0.4 is 9.47 Å². The van der Waals surface area contributed by atoms with Gasteiger partial charge in [0.05, 0.1) is 12.2 Å². The fourth-order valence-electron chi connectivity index (χ4n) is 2.53. The minimum atomic E-state index is 0.0224. The highest BCUT2D eigenvalue weighted by molar-refractivity contribution is 5.40. The van der Waals surface area contributed by atoms with Crippen LogP contribution in [0, 0.1) is 13.8 Å². The highest BCUT2D eigenvalue weighted by Gasteiger charge is 2.22. The molecule has 0 saturated heterocycles. The highest BCUT2D eigenvalue weighted by Crippen LogP contribution is 2.31. The van der Waals surface area contributed by atoms with Crippen LogP contribution in [0.1, 0.15) is 17.3 Å². The molecule has 1 atom stereocenters. The molecule has 0 spiro atoms. The number of likely N-dealkylation sites (N-methyl/N-ethyl adjacent to an activating group) is 1. The third kappa shape index (κ3) is 3.19. The van der Waals surface area contributed by atoms with Gasteiger partial charge in [-0.1, -0.05) is 12.1 Å². The molecule has 5 heteroatoms. The largest absolute Gasteiger partial charge is 0.486 e. The van der Waals surface area contributed by atoms with E-state index in [1.807, 2.05) is 45.2 Å². The smallest absolute Gasteiger partial charge is 0.191 e. The van der Waals surface area contributed by atoms with E-state index < -0.39 is 0 Å². The molecule has 1 aliphatic heterocycles. The van der Waals surface area contributed by atoms with Gasteiger partial charge in [-0.2, -0.15) is 0 Å². The second kappa shape index (κ2) is 5.77. The first-order chi connectivity index (χ1) is 10.1. The molecule has 0 radical (unpaired) electrons. The predicted molar refractivity (Wildman–Crippen MR) is 78.7 cm³/mol. The van der Waals surface area contributed by atoms with Crippen molar-refractivity contribution in [2.45, 2.75) is 26.5 Å². The summed E-state index contributed by atoms with van der Waals surface area (Å²) in [7, 11) is 2.04. The van der Waals surface area contributed by atoms with Gasteiger partial charge in [0.15, 0.2) is 17.4 Å². The Kier molecular flexibility index (Phi) is 3.84. The molecule has 0 bridgehead atoms. The van der Waals surface area contributed by atoms with E-state index in [2.05, 4.69) is 9.88 Å². The zero-order valence-electron chi connectivity index (χ0n) is 12.6. The van der Waals surface area contributed by atoms with Gasteiger partial charge in [-0.3, -0.25) is 4.90 Å². The quantitative estimate of drug-likeness (QED) is 0.865. The van der Waals surface area contributed by atoms with Crippen LogP contribution in [-0.4, -0.2) is 36.2 Å². The number of oxazole rings is 1. The molecule has 2 aromatic rings. The molecule has 0 N–H and O–H groups in total. The number of hydrogen-bond acceptors (Lipinski definition) is 5. The van der Waals surface area contributed by atoms with Crippen LogP contribution in [0.2, 0.25) is 0 Å². The van der Waals surface area contributed by atoms with Crippen LogP contribution in [-0.2, 0) is 6.54 Å². The van der Waals surface area contributed by atoms with Crippen LogP contribution in [0.3, 0.4) is 0 Å². The summed E-state index contributed by atoms with van der Waals surface area (Å²) in [6, 6.07) is 7.76. The van der Waals surface area contributed by atoms with Gasteiger partial charge in [0.25, 0.3) is 0 Å². The van der Waals surface area contributed by atoms with E-state index in [1.165, 1.54) is 0 Å². The number of aryl methyl sites for hydroxylation is 2. The lowest BCUT2D eigenvalue weighted by Crippen LogP contribution is -2.39. The van der Waals surface area contributed by atoms with E-state index in [4.69, 9.17) is 13.9 Å². The highest BCUT2D eigenvalue weighted by atomic mass is 16.6. The van der Waals surface area contributed by atoms with Crippen molar-refractivity contribution >= 4 is 0 Å². The van der Waals surface area contributed by atoms with Gasteiger partial charge in [-0.05, 0) is 26.1 Å². The fourth-order valence-corrected chi connectivity index (χ4v) is 2.53. The first-order valence-electron chi connectivity index (χ1n) is 7.12. The minimum Gasteiger partial charge on any atom is -0.486 e. The van der Waals surface area contributed by atoms with Crippen molar-refractivity contribution in [2.75, 3.05) is 20.2 Å². The maximum Gasteiger partial charge on any atom is 0.191 e. The molecule has 1 aromatic carbocycles. The summed E-state index contributed by atoms with van der Waals surface area (Å²) in [5, 5.41) is 0. The van der Waals surface area contributed by atoms with E-state index in [9.17, 15) is 0 Å². The summed E-state index contributed by atoms with van der Waals surface area (Å²) in [5.41, 5.74) is 0.950. The lowest BCUT2D eigenvalue weighted by molar-refractivity contribution is 0.0621. The maximum absolute atomic E-state index is 5.96. The van der Waals surface area contributed by atoms with Crippen molar-refractivity contribution in [3.8, 4) is 11.5 Å². The summed E-state index contributed by atoms with van der Waals surface area (Å²) in [6.07, 6.45) is 0.0224. The zero-order chi connectivity index (χ0) is 14.8. The maximum atomic E-state index is 5.96. The third-order valence-electron chi connectivity index (χ3n) is 3.50. The lowest BCUT2D eigenvalue weighted by Gasteiger charge is -2.29. The van der Waals surface area contributed by atoms with Gasteiger partial charge >= 0.3 is 0 Å². The summed E-state index contributed by atoms with van der Waals surface area (Å²) in [5.74, 6) is 3.25. The van der Waals surface area contributed by atoms with E-state index in [0.717, 1.165) is 29.5 Å². The third-order valence-corrected chi connectivity index (χ3v) is 3.50. The normalized spacial score (nSPS) is 17.2. The molecule has 21 heavy (non-hydrogen) atoms. The molecule has 1 aromatic heterocycles. The number of rotatable bonds is 4. The van der Waals surface area contributed by atoms with E-state index in [-0.39, 0.29) is 6.10 Å². The number of hydrogen-bond donors (Lipinski definition) is 0. The van der Waals surface area contributed by atoms with E-state index >= 15 is 0 Å². The first kappa shape index (κ1) is 13.9. The molecular formula is C16H20N2O3. The van der Waals surface area contributed by atoms with Gasteiger partial charge in [0.1, 0.15) is 18.5 Å². The monoisotopic (exact) mass is 288 g/mol. The number of ether oxygens (including phenoxy) is 2. The summed E-state index contributed by atoms with van der Waals surface area (Å²) in [6.45, 7) is 5.89. The lowest BCUT2D eigenvalue weighted by atomic mass is 10.2. The van der Waals surface area contributed by atoms with Gasteiger partial charge in [-0.25, -0.2) is 4.98 Å². The second-order valence-corrected chi connectivity index (χ2v) is 5.44. The van der Waals surface area contributed by atoms with Crippen LogP contribution in [0.5, 0.6) is 11.5 Å². The molecule has 3 rings (SSSR count). The fraction of sp³-hybridized carbons (Fsp3) is 0.438. The number of para-hydroxylation sites is 2. The van der Waals surface area contributed by atoms with Crippen LogP contribution in [0.15, 0.2) is 28.7 Å².